The minimum Gasteiger partial charge on any atom is -0.478 e. The molecule has 0 unspecified atom stereocenters. The molecule has 0 radical (unpaired) electrons. The van der Waals surface area contributed by atoms with Crippen LogP contribution in [0.15, 0.2) is 59.5 Å². The summed E-state index contributed by atoms with van der Waals surface area (Å²) in [6.45, 7) is 0. The Kier molecular flexibility index (Phi) is 4.73. The predicted molar refractivity (Wildman–Crippen MR) is 92.3 cm³/mol. The third-order valence-corrected chi connectivity index (χ3v) is 4.79. The molecule has 7 nitrogen and oxygen atoms in total. The van der Waals surface area contributed by atoms with Crippen molar-refractivity contribution < 1.29 is 31.5 Å². The fourth-order valence-electron chi connectivity index (χ4n) is 2.57. The highest BCUT2D eigenvalue weighted by Crippen LogP contribution is 2.34. The van der Waals surface area contributed by atoms with Gasteiger partial charge >= 0.3 is 12.1 Å². The van der Waals surface area contributed by atoms with Gasteiger partial charge in [-0.15, -0.1) is 0 Å². The van der Waals surface area contributed by atoms with Crippen molar-refractivity contribution in [3.05, 3.63) is 65.9 Å². The molecule has 11 heteroatoms. The number of hydrogen-bond acceptors (Lipinski definition) is 4. The average Bonchev–Trinajstić information content (AvgIpc) is 3.06. The highest BCUT2D eigenvalue weighted by molar-refractivity contribution is 7.89. The summed E-state index contributed by atoms with van der Waals surface area (Å²) in [6.07, 6.45) is -4.78. The Morgan fingerprint density at radius 3 is 2.21 bits per heavy atom. The molecule has 28 heavy (non-hydrogen) atoms. The number of rotatable bonds is 4. The number of carbonyl (C=O) groups is 1. The summed E-state index contributed by atoms with van der Waals surface area (Å²) in [6, 6.07) is 11.0. The summed E-state index contributed by atoms with van der Waals surface area (Å²) in [5.74, 6) is -1.20. The van der Waals surface area contributed by atoms with E-state index in [2.05, 4.69) is 5.10 Å². The molecule has 0 atom stereocenters. The second-order valence-electron chi connectivity index (χ2n) is 5.72. The second-order valence-corrected chi connectivity index (χ2v) is 7.25. The number of nitrogens with two attached hydrogens (primary N) is 1. The average molecular weight is 411 g/mol. The van der Waals surface area contributed by atoms with Crippen molar-refractivity contribution in [2.75, 3.05) is 0 Å². The van der Waals surface area contributed by atoms with E-state index in [0.29, 0.717) is 0 Å². The monoisotopic (exact) mass is 411 g/mol. The van der Waals surface area contributed by atoms with Crippen LogP contribution in [0.2, 0.25) is 0 Å². The Bertz CT molecular complexity index is 1150. The second kappa shape index (κ2) is 6.77. The standard InChI is InChI=1S/C17H12F3N3O4S/c18-17(19,20)15-9-13(10-5-7-11(8-6-10)16(24)25)23(22-15)12-3-1-2-4-14(12)28(21,26)27/h1-9H,(H,24,25)(H2,21,26,27). The van der Waals surface area contributed by atoms with Gasteiger partial charge in [-0.2, -0.15) is 18.3 Å². The van der Waals surface area contributed by atoms with Crippen molar-refractivity contribution >= 4 is 16.0 Å². The SMILES string of the molecule is NS(=O)(=O)c1ccccc1-n1nc(C(F)(F)F)cc1-c1ccc(C(=O)O)cc1. The molecule has 3 N–H and O–H groups in total. The van der Waals surface area contributed by atoms with E-state index in [4.69, 9.17) is 10.2 Å². The fraction of sp³-hybridized carbons (Fsp3) is 0.0588. The Morgan fingerprint density at radius 2 is 1.68 bits per heavy atom. The third-order valence-electron chi connectivity index (χ3n) is 3.83. The summed E-state index contributed by atoms with van der Waals surface area (Å²) >= 11 is 0. The van der Waals surface area contributed by atoms with Crippen LogP contribution in [0.3, 0.4) is 0 Å². The first-order valence-electron chi connectivity index (χ1n) is 7.61. The van der Waals surface area contributed by atoms with Crippen molar-refractivity contribution in [3.63, 3.8) is 0 Å². The van der Waals surface area contributed by atoms with Gasteiger partial charge in [-0.3, -0.25) is 0 Å². The maximum Gasteiger partial charge on any atom is 0.435 e. The van der Waals surface area contributed by atoms with E-state index < -0.39 is 32.8 Å². The lowest BCUT2D eigenvalue weighted by Crippen LogP contribution is -2.16. The Hall–Kier alpha value is -3.18. The highest BCUT2D eigenvalue weighted by Gasteiger charge is 2.35. The number of nitrogens with zero attached hydrogens (tertiary/aromatic N) is 2. The number of halogens is 3. The number of alkyl halides is 3. The highest BCUT2D eigenvalue weighted by atomic mass is 32.2. The number of sulfonamides is 1. The van der Waals surface area contributed by atoms with Crippen molar-refractivity contribution in [2.45, 2.75) is 11.1 Å². The molecule has 1 heterocycles. The molecule has 0 saturated carbocycles. The van der Waals surface area contributed by atoms with Gasteiger partial charge in [0.2, 0.25) is 10.0 Å². The fourth-order valence-corrected chi connectivity index (χ4v) is 3.28. The Balaban J connectivity index is 2.28. The molecule has 2 aromatic carbocycles. The number of para-hydroxylation sites is 1. The first-order chi connectivity index (χ1) is 13.0. The molecule has 0 bridgehead atoms. The van der Waals surface area contributed by atoms with Gasteiger partial charge in [-0.25, -0.2) is 23.0 Å². The maximum atomic E-state index is 13.2. The van der Waals surface area contributed by atoms with Crippen molar-refractivity contribution in [1.82, 2.24) is 9.78 Å². The Morgan fingerprint density at radius 1 is 1.07 bits per heavy atom. The topological polar surface area (TPSA) is 115 Å². The number of aromatic carboxylic acids is 1. The van der Waals surface area contributed by atoms with Crippen LogP contribution in [0, 0.1) is 0 Å². The van der Waals surface area contributed by atoms with E-state index in [9.17, 15) is 26.4 Å². The van der Waals surface area contributed by atoms with Crippen LogP contribution >= 0.6 is 0 Å². The first-order valence-corrected chi connectivity index (χ1v) is 9.16. The molecule has 146 valence electrons. The summed E-state index contributed by atoms with van der Waals surface area (Å²) in [7, 11) is -4.24. The van der Waals surface area contributed by atoms with Crippen LogP contribution in [0.1, 0.15) is 16.1 Å². The zero-order valence-corrected chi connectivity index (χ0v) is 14.7. The largest absolute Gasteiger partial charge is 0.478 e. The zero-order chi connectivity index (χ0) is 20.7. The first kappa shape index (κ1) is 19.6. The summed E-state index contributed by atoms with van der Waals surface area (Å²) < 4.78 is 64.2. The number of hydrogen-bond donors (Lipinski definition) is 2. The number of primary sulfonamides is 1. The van der Waals surface area contributed by atoms with Gasteiger partial charge in [0.25, 0.3) is 0 Å². The van der Waals surface area contributed by atoms with Crippen LogP contribution in [0.5, 0.6) is 0 Å². The molecule has 0 aliphatic heterocycles. The summed E-state index contributed by atoms with van der Waals surface area (Å²) in [5, 5.41) is 17.7. The number of carboxylic acid groups (broad SMARTS) is 1. The molecule has 0 amide bonds. The molecular weight excluding hydrogens is 399 g/mol. The number of aromatic nitrogens is 2. The molecular formula is C17H12F3N3O4S. The number of benzene rings is 2. The van der Waals surface area contributed by atoms with E-state index in [1.54, 1.807) is 0 Å². The third kappa shape index (κ3) is 3.75. The van der Waals surface area contributed by atoms with Gasteiger partial charge in [-0.1, -0.05) is 24.3 Å². The lowest BCUT2D eigenvalue weighted by atomic mass is 10.1. The summed E-state index contributed by atoms with van der Waals surface area (Å²) in [4.78, 5) is 10.6. The van der Waals surface area contributed by atoms with Gasteiger partial charge in [0, 0.05) is 5.56 Å². The van der Waals surface area contributed by atoms with E-state index >= 15 is 0 Å². The van der Waals surface area contributed by atoms with Crippen LogP contribution in [0.25, 0.3) is 16.9 Å². The van der Waals surface area contributed by atoms with Crippen molar-refractivity contribution in [2.24, 2.45) is 5.14 Å². The molecule has 3 rings (SSSR count). The lowest BCUT2D eigenvalue weighted by Gasteiger charge is -2.11. The normalized spacial score (nSPS) is 12.1. The number of carboxylic acids is 1. The van der Waals surface area contributed by atoms with Gasteiger partial charge in [0.1, 0.15) is 4.90 Å². The predicted octanol–water partition coefficient (Wildman–Crippen LogP) is 2.90. The van der Waals surface area contributed by atoms with E-state index in [1.807, 2.05) is 0 Å². The Labute approximate surface area is 156 Å². The van der Waals surface area contributed by atoms with Crippen LogP contribution in [0.4, 0.5) is 13.2 Å². The van der Waals surface area contributed by atoms with E-state index in [0.717, 1.165) is 16.8 Å². The lowest BCUT2D eigenvalue weighted by molar-refractivity contribution is -0.141. The van der Waals surface area contributed by atoms with Crippen LogP contribution in [-0.4, -0.2) is 29.3 Å². The molecule has 0 saturated heterocycles. The van der Waals surface area contributed by atoms with E-state index in [1.165, 1.54) is 42.5 Å². The molecule has 1 aromatic heterocycles. The molecule has 0 spiro atoms. The molecule has 3 aromatic rings. The van der Waals surface area contributed by atoms with Gasteiger partial charge in [0.15, 0.2) is 5.69 Å². The van der Waals surface area contributed by atoms with E-state index in [-0.39, 0.29) is 22.5 Å². The van der Waals surface area contributed by atoms with Gasteiger partial charge in [0.05, 0.1) is 16.9 Å². The van der Waals surface area contributed by atoms with Gasteiger partial charge in [-0.05, 0) is 30.3 Å². The smallest absolute Gasteiger partial charge is 0.435 e. The minimum absolute atomic E-state index is 0.0594. The quantitative estimate of drug-likeness (QED) is 0.685. The van der Waals surface area contributed by atoms with Crippen molar-refractivity contribution in [1.29, 1.82) is 0 Å². The summed E-state index contributed by atoms with van der Waals surface area (Å²) in [5.41, 5.74) is -1.35. The zero-order valence-electron chi connectivity index (χ0n) is 13.9. The van der Waals surface area contributed by atoms with Crippen LogP contribution in [-0.2, 0) is 16.2 Å². The van der Waals surface area contributed by atoms with Gasteiger partial charge < -0.3 is 5.11 Å². The van der Waals surface area contributed by atoms with Crippen LogP contribution < -0.4 is 5.14 Å². The van der Waals surface area contributed by atoms with Crippen molar-refractivity contribution in [3.8, 4) is 16.9 Å². The molecule has 0 fully saturated rings. The minimum atomic E-state index is -4.78. The maximum absolute atomic E-state index is 13.2. The molecule has 0 aliphatic rings. The molecule has 0 aliphatic carbocycles.